The number of nitrogens with zero attached hydrogens (tertiary/aromatic N) is 2. The number of halogens is 1. The number of amides is 1. The van der Waals surface area contributed by atoms with Gasteiger partial charge in [0.2, 0.25) is 10.0 Å². The fourth-order valence-corrected chi connectivity index (χ4v) is 5.22. The Kier molecular flexibility index (Phi) is 6.53. The molecule has 2 aliphatic rings. The first kappa shape index (κ1) is 22.7. The smallest absolute Gasteiger partial charge is 0.257 e. The summed E-state index contributed by atoms with van der Waals surface area (Å²) in [5.41, 5.74) is 2.02. The van der Waals surface area contributed by atoms with E-state index in [2.05, 4.69) is 5.32 Å². The van der Waals surface area contributed by atoms with E-state index in [1.54, 1.807) is 36.4 Å². The molecule has 0 radical (unpaired) electrons. The predicted octanol–water partition coefficient (Wildman–Crippen LogP) is 3.64. The average molecular weight is 460 g/mol. The Morgan fingerprint density at radius 2 is 1.84 bits per heavy atom. The number of anilines is 1. The molecule has 0 aromatic heterocycles. The molecule has 2 aliphatic heterocycles. The number of rotatable bonds is 6. The van der Waals surface area contributed by atoms with Gasteiger partial charge < -0.3 is 10.2 Å². The summed E-state index contributed by atoms with van der Waals surface area (Å²) in [6.45, 7) is 1.71. The zero-order valence-electron chi connectivity index (χ0n) is 18.6. The maximum atomic E-state index is 15.0. The Morgan fingerprint density at radius 1 is 1.12 bits per heavy atom. The van der Waals surface area contributed by atoms with Crippen LogP contribution >= 0.6 is 0 Å². The molecular weight excluding hydrogens is 429 g/mol. The first-order valence-corrected chi connectivity index (χ1v) is 13.0. The quantitative estimate of drug-likeness (QED) is 0.716. The van der Waals surface area contributed by atoms with Gasteiger partial charge in [-0.2, -0.15) is 0 Å². The summed E-state index contributed by atoms with van der Waals surface area (Å²) in [7, 11) is -1.86. The Balaban J connectivity index is 1.50. The summed E-state index contributed by atoms with van der Waals surface area (Å²) >= 11 is 0. The van der Waals surface area contributed by atoms with Crippen molar-refractivity contribution in [2.75, 3.05) is 30.7 Å². The normalized spacial score (nSPS) is 21.2. The number of carbonyl (C=O) groups excluding carboxylic acids is 1. The van der Waals surface area contributed by atoms with Crippen molar-refractivity contribution in [3.63, 3.8) is 0 Å². The van der Waals surface area contributed by atoms with Crippen LogP contribution in [0.4, 0.5) is 10.1 Å². The average Bonchev–Trinajstić information content (AvgIpc) is 3.45. The largest absolute Gasteiger partial charge is 0.336 e. The summed E-state index contributed by atoms with van der Waals surface area (Å²) < 4.78 is 39.6. The number of hydrogen-bond donors (Lipinski definition) is 1. The van der Waals surface area contributed by atoms with E-state index in [0.717, 1.165) is 44.0 Å². The van der Waals surface area contributed by atoms with E-state index in [9.17, 15) is 17.6 Å². The summed E-state index contributed by atoms with van der Waals surface area (Å²) in [6.07, 6.45) is 6.31. The van der Waals surface area contributed by atoms with Gasteiger partial charge in [-0.3, -0.25) is 9.10 Å². The molecule has 6 nitrogen and oxygen atoms in total. The molecule has 2 fully saturated rings. The van der Waals surface area contributed by atoms with E-state index in [1.807, 2.05) is 4.90 Å². The topological polar surface area (TPSA) is 69.7 Å². The van der Waals surface area contributed by atoms with Gasteiger partial charge in [0, 0.05) is 25.7 Å². The van der Waals surface area contributed by atoms with Crippen LogP contribution in [0.15, 0.2) is 42.5 Å². The molecule has 2 atom stereocenters. The summed E-state index contributed by atoms with van der Waals surface area (Å²) in [5.74, 6) is -0.769. The molecule has 1 N–H and O–H groups in total. The van der Waals surface area contributed by atoms with Crippen molar-refractivity contribution in [3.05, 3.63) is 53.8 Å². The van der Waals surface area contributed by atoms with Crippen LogP contribution in [0.25, 0.3) is 11.1 Å². The van der Waals surface area contributed by atoms with E-state index < -0.39 is 15.8 Å². The van der Waals surface area contributed by atoms with Crippen LogP contribution in [0.2, 0.25) is 0 Å². The minimum absolute atomic E-state index is 0.105. The number of benzene rings is 2. The summed E-state index contributed by atoms with van der Waals surface area (Å²) in [5, 5.41) is 3.49. The second-order valence-electron chi connectivity index (χ2n) is 8.80. The molecule has 0 bridgehead atoms. The first-order valence-electron chi connectivity index (χ1n) is 11.1. The molecule has 2 aromatic carbocycles. The lowest BCUT2D eigenvalue weighted by atomic mass is 10.0. The third-order valence-corrected chi connectivity index (χ3v) is 7.82. The van der Waals surface area contributed by atoms with Gasteiger partial charge in [0.1, 0.15) is 5.82 Å². The highest BCUT2D eigenvalue weighted by Crippen LogP contribution is 2.29. The zero-order valence-corrected chi connectivity index (χ0v) is 19.4. The van der Waals surface area contributed by atoms with Crippen LogP contribution in [0.3, 0.4) is 0 Å². The zero-order chi connectivity index (χ0) is 22.9. The monoisotopic (exact) mass is 459 g/mol. The molecule has 172 valence electrons. The number of nitrogens with one attached hydrogen (secondary N) is 1. The van der Waals surface area contributed by atoms with Crippen molar-refractivity contribution in [3.8, 4) is 11.1 Å². The molecular formula is C24H30FN3O3S. The molecule has 1 unspecified atom stereocenters. The fourth-order valence-electron chi connectivity index (χ4n) is 4.71. The lowest BCUT2D eigenvalue weighted by Gasteiger charge is -2.27. The van der Waals surface area contributed by atoms with Crippen LogP contribution in [-0.4, -0.2) is 57.7 Å². The van der Waals surface area contributed by atoms with E-state index in [1.165, 1.54) is 23.8 Å². The van der Waals surface area contributed by atoms with Gasteiger partial charge in [0.15, 0.2) is 0 Å². The molecule has 1 amide bonds. The van der Waals surface area contributed by atoms with Crippen LogP contribution in [0.5, 0.6) is 0 Å². The lowest BCUT2D eigenvalue weighted by molar-refractivity contribution is 0.0719. The minimum Gasteiger partial charge on any atom is -0.336 e. The first-order chi connectivity index (χ1) is 15.2. The molecule has 32 heavy (non-hydrogen) atoms. The summed E-state index contributed by atoms with van der Waals surface area (Å²) in [6, 6.07) is 12.2. The number of carbonyl (C=O) groups is 1. The van der Waals surface area contributed by atoms with Crippen molar-refractivity contribution in [2.45, 2.75) is 44.2 Å². The molecule has 8 heteroatoms. The Hall–Kier alpha value is -2.45. The summed E-state index contributed by atoms with van der Waals surface area (Å²) in [4.78, 5) is 15.0. The van der Waals surface area contributed by atoms with Gasteiger partial charge in [-0.25, -0.2) is 12.8 Å². The van der Waals surface area contributed by atoms with Gasteiger partial charge in [0.05, 0.1) is 17.5 Å². The van der Waals surface area contributed by atoms with Gasteiger partial charge in [-0.15, -0.1) is 0 Å². The van der Waals surface area contributed by atoms with Crippen molar-refractivity contribution in [1.82, 2.24) is 10.2 Å². The van der Waals surface area contributed by atoms with Crippen molar-refractivity contribution in [2.24, 2.45) is 0 Å². The van der Waals surface area contributed by atoms with E-state index in [-0.39, 0.29) is 17.5 Å². The van der Waals surface area contributed by atoms with Gasteiger partial charge >= 0.3 is 0 Å². The number of sulfonamides is 1. The molecule has 0 spiro atoms. The standard InChI is InChI=1S/C24H30FN3O3S/c1-27(32(2,30)31)20-10-7-17(8-11-20)18-9-12-22(23(25)15-18)24(29)28-14-4-6-21(28)16-19-5-3-13-26-19/h7-12,15,19,21,26H,3-6,13-14,16H2,1-2H3/t19?,21-/m0/s1. The highest BCUT2D eigenvalue weighted by atomic mass is 32.2. The van der Waals surface area contributed by atoms with Crippen LogP contribution in [0, 0.1) is 5.82 Å². The maximum Gasteiger partial charge on any atom is 0.257 e. The third-order valence-electron chi connectivity index (χ3n) is 6.62. The van der Waals surface area contributed by atoms with Crippen molar-refractivity contribution in [1.29, 1.82) is 0 Å². The maximum absolute atomic E-state index is 15.0. The van der Waals surface area contributed by atoms with Gasteiger partial charge in [0.25, 0.3) is 5.91 Å². The Labute approximate surface area is 189 Å². The lowest BCUT2D eigenvalue weighted by Crippen LogP contribution is -2.39. The molecule has 2 aromatic rings. The molecule has 4 rings (SSSR count). The number of likely N-dealkylation sites (tertiary alicyclic amines) is 1. The highest BCUT2D eigenvalue weighted by Gasteiger charge is 2.33. The highest BCUT2D eigenvalue weighted by molar-refractivity contribution is 7.92. The second kappa shape index (κ2) is 9.19. The predicted molar refractivity (Wildman–Crippen MR) is 125 cm³/mol. The van der Waals surface area contributed by atoms with Crippen LogP contribution in [-0.2, 0) is 10.0 Å². The Bertz CT molecular complexity index is 1080. The SMILES string of the molecule is CN(c1ccc(-c2ccc(C(=O)N3CCC[C@H]3CC3CCCN3)c(F)c2)cc1)S(C)(=O)=O. The van der Waals surface area contributed by atoms with E-state index in [0.29, 0.717) is 23.8 Å². The minimum atomic E-state index is -3.35. The molecule has 2 saturated heterocycles. The van der Waals surface area contributed by atoms with Crippen LogP contribution < -0.4 is 9.62 Å². The van der Waals surface area contributed by atoms with Gasteiger partial charge in [-0.05, 0) is 74.0 Å². The molecule has 2 heterocycles. The number of hydrogen-bond acceptors (Lipinski definition) is 4. The third kappa shape index (κ3) is 4.81. The van der Waals surface area contributed by atoms with Gasteiger partial charge in [-0.1, -0.05) is 18.2 Å². The molecule has 0 saturated carbocycles. The molecule has 0 aliphatic carbocycles. The van der Waals surface area contributed by atoms with Crippen molar-refractivity contribution < 1.29 is 17.6 Å². The van der Waals surface area contributed by atoms with E-state index >= 15 is 0 Å². The van der Waals surface area contributed by atoms with E-state index in [4.69, 9.17) is 0 Å². The van der Waals surface area contributed by atoms with Crippen molar-refractivity contribution >= 4 is 21.6 Å². The van der Waals surface area contributed by atoms with Crippen LogP contribution in [0.1, 0.15) is 42.5 Å². The Morgan fingerprint density at radius 3 is 2.47 bits per heavy atom. The fraction of sp³-hybridized carbons (Fsp3) is 0.458. The second-order valence-corrected chi connectivity index (χ2v) is 10.8.